The molecule has 0 atom stereocenters. The molecule has 1 aromatic heterocycles. The van der Waals surface area contributed by atoms with Gasteiger partial charge < -0.3 is 0 Å². The van der Waals surface area contributed by atoms with Gasteiger partial charge >= 0.3 is 5.69 Å². The molecular formula is C6H3ClN4O2. The van der Waals surface area contributed by atoms with Crippen molar-refractivity contribution in [3.05, 3.63) is 32.2 Å². The first-order valence-electron chi connectivity index (χ1n) is 3.38. The zero-order chi connectivity index (χ0) is 9.42. The lowest BCUT2D eigenvalue weighted by Gasteiger charge is -1.90. The van der Waals surface area contributed by atoms with Gasteiger partial charge in [0.25, 0.3) is 0 Å². The summed E-state index contributed by atoms with van der Waals surface area (Å²) < 4.78 is 0. The molecule has 0 saturated carbocycles. The third-order valence-corrected chi connectivity index (χ3v) is 1.89. The van der Waals surface area contributed by atoms with E-state index in [1.165, 1.54) is 0 Å². The van der Waals surface area contributed by atoms with Crippen LogP contribution in [0.4, 0.5) is 5.69 Å². The van der Waals surface area contributed by atoms with E-state index < -0.39 is 4.92 Å². The lowest BCUT2D eigenvalue weighted by molar-refractivity contribution is -0.386. The second-order valence-corrected chi connectivity index (χ2v) is 2.70. The Hall–Kier alpha value is -1.56. The van der Waals surface area contributed by atoms with Crippen LogP contribution in [0.15, 0.2) is 16.2 Å². The molecule has 7 heteroatoms. The van der Waals surface area contributed by atoms with Crippen molar-refractivity contribution in [1.82, 2.24) is 4.98 Å². The predicted molar refractivity (Wildman–Crippen MR) is 43.1 cm³/mol. The molecule has 2 rings (SSSR count). The van der Waals surface area contributed by atoms with Crippen molar-refractivity contribution in [3.8, 4) is 0 Å². The number of fused-ring (bicyclic) bond motifs is 1. The van der Waals surface area contributed by atoms with Gasteiger partial charge in [-0.05, 0) is 0 Å². The van der Waals surface area contributed by atoms with Gasteiger partial charge in [0.05, 0.1) is 4.92 Å². The lowest BCUT2D eigenvalue weighted by atomic mass is 10.4. The fourth-order valence-corrected chi connectivity index (χ4v) is 1.26. The highest BCUT2D eigenvalue weighted by molar-refractivity contribution is 6.29. The largest absolute Gasteiger partial charge is 0.314 e. The van der Waals surface area contributed by atoms with E-state index in [1.54, 1.807) is 0 Å². The Morgan fingerprint density at radius 3 is 2.85 bits per heavy atom. The molecule has 0 N–H and O–H groups in total. The van der Waals surface area contributed by atoms with Crippen molar-refractivity contribution in [2.75, 3.05) is 6.67 Å². The highest BCUT2D eigenvalue weighted by Crippen LogP contribution is 2.03. The summed E-state index contributed by atoms with van der Waals surface area (Å²) in [6, 6.07) is 0. The van der Waals surface area contributed by atoms with E-state index in [0.717, 1.165) is 6.20 Å². The van der Waals surface area contributed by atoms with E-state index in [-0.39, 0.29) is 22.9 Å². The molecule has 1 aromatic rings. The normalized spacial score (nSPS) is 13.0. The van der Waals surface area contributed by atoms with Gasteiger partial charge in [0, 0.05) is 0 Å². The number of hydrogen-bond donors (Lipinski definition) is 0. The van der Waals surface area contributed by atoms with Crippen LogP contribution in [-0.2, 0) is 0 Å². The Kier molecular flexibility index (Phi) is 1.70. The van der Waals surface area contributed by atoms with Gasteiger partial charge in [-0.2, -0.15) is 0 Å². The molecule has 0 fully saturated rings. The van der Waals surface area contributed by atoms with Crippen LogP contribution in [0.5, 0.6) is 0 Å². The van der Waals surface area contributed by atoms with Crippen LogP contribution in [-0.4, -0.2) is 16.6 Å². The van der Waals surface area contributed by atoms with Gasteiger partial charge in [-0.1, -0.05) is 11.6 Å². The molecule has 1 aliphatic heterocycles. The van der Waals surface area contributed by atoms with E-state index in [2.05, 4.69) is 15.0 Å². The quantitative estimate of drug-likeness (QED) is 0.358. The minimum Gasteiger partial charge on any atom is -0.258 e. The van der Waals surface area contributed by atoms with Crippen LogP contribution < -0.4 is 10.7 Å². The van der Waals surface area contributed by atoms with E-state index in [9.17, 15) is 10.1 Å². The molecule has 6 nitrogen and oxygen atoms in total. The van der Waals surface area contributed by atoms with Gasteiger partial charge in [-0.15, -0.1) is 0 Å². The number of aromatic nitrogens is 1. The Balaban J connectivity index is 2.87. The van der Waals surface area contributed by atoms with Crippen molar-refractivity contribution in [2.24, 2.45) is 9.98 Å². The topological polar surface area (TPSA) is 80.8 Å². The van der Waals surface area contributed by atoms with Crippen molar-refractivity contribution in [1.29, 1.82) is 0 Å². The zero-order valence-electron chi connectivity index (χ0n) is 6.27. The van der Waals surface area contributed by atoms with Gasteiger partial charge in [-0.25, -0.2) is 4.98 Å². The molecule has 0 radical (unpaired) electrons. The molecule has 0 spiro atoms. The highest BCUT2D eigenvalue weighted by atomic mass is 35.5. The molecule has 66 valence electrons. The van der Waals surface area contributed by atoms with Gasteiger partial charge in [-0.3, -0.25) is 20.1 Å². The maximum atomic E-state index is 10.5. The van der Waals surface area contributed by atoms with Crippen molar-refractivity contribution in [2.45, 2.75) is 0 Å². The van der Waals surface area contributed by atoms with Crippen LogP contribution in [0.25, 0.3) is 0 Å². The third kappa shape index (κ3) is 1.15. The average molecular weight is 199 g/mol. The van der Waals surface area contributed by atoms with Gasteiger partial charge in [0.1, 0.15) is 18.2 Å². The fraction of sp³-hybridized carbons (Fsp3) is 0.167. The summed E-state index contributed by atoms with van der Waals surface area (Å²) in [5, 5.41) is 11.2. The summed E-state index contributed by atoms with van der Waals surface area (Å²) in [4.78, 5) is 21.3. The van der Waals surface area contributed by atoms with Crippen LogP contribution in [0.3, 0.4) is 0 Å². The molecule has 2 heterocycles. The summed E-state index contributed by atoms with van der Waals surface area (Å²) >= 11 is 5.66. The van der Waals surface area contributed by atoms with E-state index in [4.69, 9.17) is 11.6 Å². The SMILES string of the molecule is O=[N+]([O-])c1cnc(Cl)c2c1=NCN=2. The second-order valence-electron chi connectivity index (χ2n) is 2.35. The number of hydrogen-bond acceptors (Lipinski definition) is 5. The molecule has 13 heavy (non-hydrogen) atoms. The Bertz CT molecular complexity index is 498. The summed E-state index contributed by atoms with van der Waals surface area (Å²) in [7, 11) is 0. The molecule has 0 saturated heterocycles. The lowest BCUT2D eigenvalue weighted by Crippen LogP contribution is -2.27. The Morgan fingerprint density at radius 2 is 2.15 bits per heavy atom. The van der Waals surface area contributed by atoms with Gasteiger partial charge in [0.15, 0.2) is 10.5 Å². The van der Waals surface area contributed by atoms with E-state index in [0.29, 0.717) is 5.36 Å². The standard InChI is InChI=1S/C6H3ClN4O2/c7-6-5-4(9-2-10-5)3(1-8-6)11(12)13/h1H,2H2. The maximum absolute atomic E-state index is 10.5. The van der Waals surface area contributed by atoms with Crippen molar-refractivity contribution < 1.29 is 4.92 Å². The Morgan fingerprint density at radius 1 is 1.46 bits per heavy atom. The van der Waals surface area contributed by atoms with Crippen molar-refractivity contribution >= 4 is 17.3 Å². The number of halogens is 1. The fourth-order valence-electron chi connectivity index (χ4n) is 1.07. The molecule has 0 bridgehead atoms. The molecule has 1 aliphatic rings. The van der Waals surface area contributed by atoms with E-state index >= 15 is 0 Å². The second kappa shape index (κ2) is 2.74. The number of nitro groups is 1. The highest BCUT2D eigenvalue weighted by Gasteiger charge is 2.16. The summed E-state index contributed by atoms with van der Waals surface area (Å²) in [5.41, 5.74) is -0.152. The van der Waals surface area contributed by atoms with Crippen LogP contribution in [0.2, 0.25) is 5.15 Å². The number of rotatable bonds is 1. The molecule has 0 aromatic carbocycles. The zero-order valence-corrected chi connectivity index (χ0v) is 7.02. The smallest absolute Gasteiger partial charge is 0.258 e. The first-order valence-corrected chi connectivity index (χ1v) is 3.76. The molecule has 0 amide bonds. The maximum Gasteiger partial charge on any atom is 0.314 e. The monoisotopic (exact) mass is 198 g/mol. The van der Waals surface area contributed by atoms with Gasteiger partial charge in [0.2, 0.25) is 0 Å². The van der Waals surface area contributed by atoms with Crippen LogP contribution in [0.1, 0.15) is 0 Å². The minimum absolute atomic E-state index is 0.152. The van der Waals surface area contributed by atoms with Crippen LogP contribution in [0, 0.1) is 10.1 Å². The first-order chi connectivity index (χ1) is 6.20. The molecule has 0 aliphatic carbocycles. The third-order valence-electron chi connectivity index (χ3n) is 1.62. The molecular weight excluding hydrogens is 196 g/mol. The minimum atomic E-state index is -0.549. The number of nitrogens with zero attached hydrogens (tertiary/aromatic N) is 4. The number of pyridine rings is 1. The first kappa shape index (κ1) is 8.06. The Labute approximate surface area is 76.8 Å². The van der Waals surface area contributed by atoms with Crippen molar-refractivity contribution in [3.63, 3.8) is 0 Å². The molecule has 0 unspecified atom stereocenters. The summed E-state index contributed by atoms with van der Waals surface area (Å²) in [6.07, 6.45) is 1.09. The van der Waals surface area contributed by atoms with Crippen LogP contribution >= 0.6 is 11.6 Å². The predicted octanol–water partition coefficient (Wildman–Crippen LogP) is -0.147. The summed E-state index contributed by atoms with van der Waals surface area (Å²) in [6.45, 7) is 0.182. The average Bonchev–Trinajstić information content (AvgIpc) is 2.53. The van der Waals surface area contributed by atoms with E-state index in [1.807, 2.05) is 0 Å². The summed E-state index contributed by atoms with van der Waals surface area (Å²) in [5.74, 6) is 0.